The van der Waals surface area contributed by atoms with Crippen molar-refractivity contribution in [2.45, 2.75) is 13.8 Å². The maximum absolute atomic E-state index is 11.9. The van der Waals surface area contributed by atoms with Crippen LogP contribution in [-0.4, -0.2) is 30.4 Å². The SMILES string of the molecule is C=C(C)CN(CC)CC(=O)Nc1ccc(Br)cc1Cl. The van der Waals surface area contributed by atoms with E-state index in [-0.39, 0.29) is 5.91 Å². The summed E-state index contributed by atoms with van der Waals surface area (Å²) in [5.74, 6) is -0.0766. The third kappa shape index (κ3) is 5.76. The summed E-state index contributed by atoms with van der Waals surface area (Å²) in [5.41, 5.74) is 1.66. The molecule has 1 N–H and O–H groups in total. The van der Waals surface area contributed by atoms with Crippen LogP contribution in [0.2, 0.25) is 5.02 Å². The van der Waals surface area contributed by atoms with E-state index in [1.165, 1.54) is 0 Å². The molecule has 0 unspecified atom stereocenters. The van der Waals surface area contributed by atoms with Crippen molar-refractivity contribution in [2.24, 2.45) is 0 Å². The summed E-state index contributed by atoms with van der Waals surface area (Å²) in [5, 5.41) is 3.33. The molecule has 1 rings (SSSR count). The van der Waals surface area contributed by atoms with Gasteiger partial charge in [0, 0.05) is 11.0 Å². The third-order valence-electron chi connectivity index (χ3n) is 2.51. The largest absolute Gasteiger partial charge is 0.324 e. The van der Waals surface area contributed by atoms with Gasteiger partial charge in [0.2, 0.25) is 5.91 Å². The number of hydrogen-bond acceptors (Lipinski definition) is 2. The van der Waals surface area contributed by atoms with E-state index < -0.39 is 0 Å². The normalized spacial score (nSPS) is 10.6. The highest BCUT2D eigenvalue weighted by Gasteiger charge is 2.11. The summed E-state index contributed by atoms with van der Waals surface area (Å²) in [6.45, 7) is 9.67. The number of carbonyl (C=O) groups is 1. The monoisotopic (exact) mass is 344 g/mol. The van der Waals surface area contributed by atoms with Crippen LogP contribution in [0.25, 0.3) is 0 Å². The van der Waals surface area contributed by atoms with E-state index in [1.54, 1.807) is 12.1 Å². The number of nitrogens with one attached hydrogen (secondary N) is 1. The van der Waals surface area contributed by atoms with E-state index in [1.807, 2.05) is 24.8 Å². The van der Waals surface area contributed by atoms with E-state index in [9.17, 15) is 4.79 Å². The lowest BCUT2D eigenvalue weighted by Gasteiger charge is -2.20. The minimum atomic E-state index is -0.0766. The summed E-state index contributed by atoms with van der Waals surface area (Å²) >= 11 is 9.38. The molecular formula is C14H18BrClN2O. The number of nitrogens with zero attached hydrogens (tertiary/aromatic N) is 1. The van der Waals surface area contributed by atoms with E-state index in [0.717, 1.165) is 23.1 Å². The van der Waals surface area contributed by atoms with Crippen molar-refractivity contribution in [1.82, 2.24) is 4.90 Å². The van der Waals surface area contributed by atoms with Crippen LogP contribution in [0.3, 0.4) is 0 Å². The molecule has 0 radical (unpaired) electrons. The zero-order valence-electron chi connectivity index (χ0n) is 11.2. The van der Waals surface area contributed by atoms with Crippen molar-refractivity contribution in [3.05, 3.63) is 39.8 Å². The van der Waals surface area contributed by atoms with E-state index in [0.29, 0.717) is 17.3 Å². The van der Waals surface area contributed by atoms with Crippen LogP contribution >= 0.6 is 27.5 Å². The van der Waals surface area contributed by atoms with Crippen LogP contribution in [0.4, 0.5) is 5.69 Å². The fourth-order valence-electron chi connectivity index (χ4n) is 1.64. The second-order valence-corrected chi connectivity index (χ2v) is 5.76. The molecule has 0 atom stereocenters. The molecule has 104 valence electrons. The van der Waals surface area contributed by atoms with Gasteiger partial charge < -0.3 is 5.32 Å². The molecule has 1 amide bonds. The Labute approximate surface area is 127 Å². The third-order valence-corrected chi connectivity index (χ3v) is 3.32. The Bertz CT molecular complexity index is 477. The molecule has 0 fully saturated rings. The predicted molar refractivity (Wildman–Crippen MR) is 84.7 cm³/mol. The van der Waals surface area contributed by atoms with E-state index in [4.69, 9.17) is 11.6 Å². The number of anilines is 1. The van der Waals surface area contributed by atoms with Crippen LogP contribution in [0, 0.1) is 0 Å². The highest BCUT2D eigenvalue weighted by atomic mass is 79.9. The number of halogens is 2. The first-order valence-corrected chi connectivity index (χ1v) is 7.21. The van der Waals surface area contributed by atoms with Gasteiger partial charge in [0.1, 0.15) is 0 Å². The smallest absolute Gasteiger partial charge is 0.238 e. The lowest BCUT2D eigenvalue weighted by Crippen LogP contribution is -2.34. The molecule has 0 saturated heterocycles. The van der Waals surface area contributed by atoms with Crippen LogP contribution < -0.4 is 5.32 Å². The van der Waals surface area contributed by atoms with Gasteiger partial charge in [0.15, 0.2) is 0 Å². The Kier molecular flexibility index (Phi) is 6.55. The maximum Gasteiger partial charge on any atom is 0.238 e. The Morgan fingerprint density at radius 1 is 1.47 bits per heavy atom. The van der Waals surface area contributed by atoms with Gasteiger partial charge in [0.25, 0.3) is 0 Å². The predicted octanol–water partition coefficient (Wildman–Crippen LogP) is 3.94. The van der Waals surface area contributed by atoms with Crippen molar-refractivity contribution in [2.75, 3.05) is 25.0 Å². The number of rotatable bonds is 6. The molecule has 0 aliphatic rings. The minimum absolute atomic E-state index is 0.0766. The van der Waals surface area contributed by atoms with Crippen molar-refractivity contribution in [3.8, 4) is 0 Å². The Morgan fingerprint density at radius 2 is 2.16 bits per heavy atom. The molecule has 0 spiro atoms. The molecule has 5 heteroatoms. The van der Waals surface area contributed by atoms with Crippen LogP contribution in [0.5, 0.6) is 0 Å². The van der Waals surface area contributed by atoms with Crippen molar-refractivity contribution in [3.63, 3.8) is 0 Å². The van der Waals surface area contributed by atoms with Gasteiger partial charge in [-0.15, -0.1) is 0 Å². The summed E-state index contributed by atoms with van der Waals surface area (Å²) in [6.07, 6.45) is 0. The number of amides is 1. The Balaban J connectivity index is 2.61. The van der Waals surface area contributed by atoms with E-state index in [2.05, 4.69) is 27.8 Å². The molecule has 3 nitrogen and oxygen atoms in total. The maximum atomic E-state index is 11.9. The fraction of sp³-hybridized carbons (Fsp3) is 0.357. The molecule has 19 heavy (non-hydrogen) atoms. The molecule has 0 heterocycles. The van der Waals surface area contributed by atoms with Gasteiger partial charge in [-0.3, -0.25) is 9.69 Å². The van der Waals surface area contributed by atoms with Gasteiger partial charge in [-0.1, -0.05) is 46.6 Å². The van der Waals surface area contributed by atoms with Gasteiger partial charge >= 0.3 is 0 Å². The molecular weight excluding hydrogens is 328 g/mol. The summed E-state index contributed by atoms with van der Waals surface area (Å²) < 4.78 is 0.882. The van der Waals surface area contributed by atoms with Gasteiger partial charge in [-0.05, 0) is 31.7 Å². The molecule has 0 aliphatic carbocycles. The van der Waals surface area contributed by atoms with Gasteiger partial charge in [0.05, 0.1) is 17.3 Å². The van der Waals surface area contributed by atoms with Gasteiger partial charge in [-0.2, -0.15) is 0 Å². The number of likely N-dealkylation sites (N-methyl/N-ethyl adjacent to an activating group) is 1. The fourth-order valence-corrected chi connectivity index (χ4v) is 2.37. The van der Waals surface area contributed by atoms with Crippen molar-refractivity contribution in [1.29, 1.82) is 0 Å². The second kappa shape index (κ2) is 7.68. The molecule has 1 aromatic carbocycles. The molecule has 0 aromatic heterocycles. The molecule has 1 aromatic rings. The highest BCUT2D eigenvalue weighted by Crippen LogP contribution is 2.25. The standard InChI is InChI=1S/C14H18BrClN2O/c1-4-18(8-10(2)3)9-14(19)17-13-6-5-11(15)7-12(13)16/h5-7H,2,4,8-9H2,1,3H3,(H,17,19). The average Bonchev–Trinajstić information content (AvgIpc) is 2.31. The topological polar surface area (TPSA) is 32.3 Å². The van der Waals surface area contributed by atoms with E-state index >= 15 is 0 Å². The first kappa shape index (κ1) is 16.2. The average molecular weight is 346 g/mol. The quantitative estimate of drug-likeness (QED) is 0.792. The molecule has 0 bridgehead atoms. The van der Waals surface area contributed by atoms with Crippen LogP contribution in [-0.2, 0) is 4.79 Å². The van der Waals surface area contributed by atoms with Gasteiger partial charge in [-0.25, -0.2) is 0 Å². The zero-order chi connectivity index (χ0) is 14.4. The summed E-state index contributed by atoms with van der Waals surface area (Å²) in [7, 11) is 0. The lowest BCUT2D eigenvalue weighted by molar-refractivity contribution is -0.117. The Hall–Kier alpha value is -0.840. The first-order chi connectivity index (χ1) is 8.92. The Morgan fingerprint density at radius 3 is 2.68 bits per heavy atom. The first-order valence-electron chi connectivity index (χ1n) is 6.04. The molecule has 0 saturated carbocycles. The number of benzene rings is 1. The zero-order valence-corrected chi connectivity index (χ0v) is 13.5. The summed E-state index contributed by atoms with van der Waals surface area (Å²) in [4.78, 5) is 14.0. The second-order valence-electron chi connectivity index (χ2n) is 4.43. The summed E-state index contributed by atoms with van der Waals surface area (Å²) in [6, 6.07) is 5.37. The van der Waals surface area contributed by atoms with Crippen LogP contribution in [0.1, 0.15) is 13.8 Å². The molecule has 0 aliphatic heterocycles. The number of carbonyl (C=O) groups excluding carboxylic acids is 1. The number of hydrogen-bond donors (Lipinski definition) is 1. The highest BCUT2D eigenvalue weighted by molar-refractivity contribution is 9.10. The van der Waals surface area contributed by atoms with Crippen molar-refractivity contribution < 1.29 is 4.79 Å². The van der Waals surface area contributed by atoms with Crippen LogP contribution in [0.15, 0.2) is 34.8 Å². The lowest BCUT2D eigenvalue weighted by atomic mass is 10.3. The minimum Gasteiger partial charge on any atom is -0.324 e. The van der Waals surface area contributed by atoms with Crippen molar-refractivity contribution >= 4 is 39.1 Å².